The minimum Gasteiger partial charge on any atom is -0.484 e. The van der Waals surface area contributed by atoms with E-state index >= 15 is 0 Å². The average molecular weight is 305 g/mol. The van der Waals surface area contributed by atoms with Gasteiger partial charge in [-0.15, -0.1) is 0 Å². The van der Waals surface area contributed by atoms with Gasteiger partial charge in [0.25, 0.3) is 5.91 Å². The van der Waals surface area contributed by atoms with Gasteiger partial charge in [-0.25, -0.2) is 0 Å². The number of hydrogen-bond acceptors (Lipinski definition) is 3. The lowest BCUT2D eigenvalue weighted by atomic mass is 9.87. The summed E-state index contributed by atoms with van der Waals surface area (Å²) in [6.07, 6.45) is 1.25. The van der Waals surface area contributed by atoms with Crippen molar-refractivity contribution in [3.63, 3.8) is 0 Å². The molecule has 1 amide bonds. The summed E-state index contributed by atoms with van der Waals surface area (Å²) in [5.41, 5.74) is 0.524. The molecule has 0 saturated heterocycles. The normalized spacial score (nSPS) is 16.0. The van der Waals surface area contributed by atoms with Crippen LogP contribution in [0.1, 0.15) is 39.2 Å². The number of carbonyl (C=O) groups is 2. The molecule has 2 rings (SSSR count). The van der Waals surface area contributed by atoms with Crippen LogP contribution in [0.4, 0.5) is 0 Å². The lowest BCUT2D eigenvalue weighted by Crippen LogP contribution is -2.36. The molecule has 1 aromatic rings. The third-order valence-corrected chi connectivity index (χ3v) is 4.02. The van der Waals surface area contributed by atoms with E-state index in [9.17, 15) is 9.59 Å². The third-order valence-electron chi connectivity index (χ3n) is 4.02. The Morgan fingerprint density at radius 2 is 1.82 bits per heavy atom. The van der Waals surface area contributed by atoms with Crippen molar-refractivity contribution < 1.29 is 19.4 Å². The summed E-state index contributed by atoms with van der Waals surface area (Å²) in [6, 6.07) is 7.65. The maximum absolute atomic E-state index is 11.7. The molecule has 0 radical (unpaired) electrons. The Kier molecular flexibility index (Phi) is 4.44. The first-order valence-electron chi connectivity index (χ1n) is 7.46. The molecule has 0 spiro atoms. The van der Waals surface area contributed by atoms with Crippen LogP contribution in [0.5, 0.6) is 5.75 Å². The van der Waals surface area contributed by atoms with E-state index in [2.05, 4.69) is 26.1 Å². The van der Waals surface area contributed by atoms with Gasteiger partial charge >= 0.3 is 5.97 Å². The van der Waals surface area contributed by atoms with Gasteiger partial charge in [-0.3, -0.25) is 9.59 Å². The fourth-order valence-corrected chi connectivity index (χ4v) is 2.14. The first-order chi connectivity index (χ1) is 10.2. The quantitative estimate of drug-likeness (QED) is 0.846. The molecule has 22 heavy (non-hydrogen) atoms. The third kappa shape index (κ3) is 4.00. The number of ether oxygens (including phenoxy) is 1. The second-order valence-electron chi connectivity index (χ2n) is 6.93. The molecule has 0 unspecified atom stereocenters. The van der Waals surface area contributed by atoms with Crippen molar-refractivity contribution in [1.82, 2.24) is 5.32 Å². The van der Waals surface area contributed by atoms with E-state index in [-0.39, 0.29) is 24.5 Å². The van der Waals surface area contributed by atoms with Crippen LogP contribution >= 0.6 is 0 Å². The average Bonchev–Trinajstić information content (AvgIpc) is 3.24. The molecular weight excluding hydrogens is 282 g/mol. The molecule has 5 heteroatoms. The number of nitrogens with one attached hydrogen (secondary N) is 1. The summed E-state index contributed by atoms with van der Waals surface area (Å²) >= 11 is 0. The maximum Gasteiger partial charge on any atom is 0.311 e. The van der Waals surface area contributed by atoms with E-state index < -0.39 is 11.4 Å². The number of carboxylic acids is 1. The topological polar surface area (TPSA) is 75.6 Å². The van der Waals surface area contributed by atoms with Gasteiger partial charge in [-0.05, 0) is 36.0 Å². The fraction of sp³-hybridized carbons (Fsp3) is 0.529. The van der Waals surface area contributed by atoms with Gasteiger partial charge in [-0.1, -0.05) is 32.9 Å². The van der Waals surface area contributed by atoms with Gasteiger partial charge < -0.3 is 15.2 Å². The SMILES string of the molecule is CC(C)(C)c1ccc(OCC(=O)NCC2(C(=O)O)CC2)cc1. The van der Waals surface area contributed by atoms with E-state index in [1.807, 2.05) is 24.3 Å². The van der Waals surface area contributed by atoms with E-state index in [1.165, 1.54) is 5.56 Å². The Morgan fingerprint density at radius 3 is 2.27 bits per heavy atom. The lowest BCUT2D eigenvalue weighted by molar-refractivity contribution is -0.143. The molecule has 2 N–H and O–H groups in total. The van der Waals surface area contributed by atoms with Crippen molar-refractivity contribution in [2.75, 3.05) is 13.2 Å². The molecule has 0 heterocycles. The Morgan fingerprint density at radius 1 is 1.23 bits per heavy atom. The van der Waals surface area contributed by atoms with Crippen LogP contribution in [0.15, 0.2) is 24.3 Å². The first-order valence-corrected chi connectivity index (χ1v) is 7.46. The largest absolute Gasteiger partial charge is 0.484 e. The van der Waals surface area contributed by atoms with Gasteiger partial charge in [0.2, 0.25) is 0 Å². The zero-order chi connectivity index (χ0) is 16.4. The highest BCUT2D eigenvalue weighted by Crippen LogP contribution is 2.45. The maximum atomic E-state index is 11.7. The van der Waals surface area contributed by atoms with Crippen molar-refractivity contribution in [2.45, 2.75) is 39.0 Å². The number of hydrogen-bond donors (Lipinski definition) is 2. The second-order valence-corrected chi connectivity index (χ2v) is 6.93. The van der Waals surface area contributed by atoms with Crippen LogP contribution in [0, 0.1) is 5.41 Å². The highest BCUT2D eigenvalue weighted by Gasteiger charge is 2.50. The van der Waals surface area contributed by atoms with Crippen LogP contribution in [-0.4, -0.2) is 30.1 Å². The fourth-order valence-electron chi connectivity index (χ4n) is 2.14. The Balaban J connectivity index is 1.78. The highest BCUT2D eigenvalue weighted by atomic mass is 16.5. The van der Waals surface area contributed by atoms with Gasteiger partial charge in [0.05, 0.1) is 5.41 Å². The van der Waals surface area contributed by atoms with Gasteiger partial charge in [-0.2, -0.15) is 0 Å². The standard InChI is InChI=1S/C17H23NO4/c1-16(2,3)12-4-6-13(7-5-12)22-10-14(19)18-11-17(8-9-17)15(20)21/h4-7H,8-11H2,1-3H3,(H,18,19)(H,20,21). The molecule has 1 saturated carbocycles. The van der Waals surface area contributed by atoms with Crippen molar-refractivity contribution in [1.29, 1.82) is 0 Å². The molecule has 0 aliphatic heterocycles. The van der Waals surface area contributed by atoms with E-state index in [1.54, 1.807) is 0 Å². The summed E-state index contributed by atoms with van der Waals surface area (Å²) in [5, 5.41) is 11.7. The monoisotopic (exact) mass is 305 g/mol. The summed E-state index contributed by atoms with van der Waals surface area (Å²) in [7, 11) is 0. The molecule has 1 aromatic carbocycles. The van der Waals surface area contributed by atoms with Crippen molar-refractivity contribution >= 4 is 11.9 Å². The number of aliphatic carboxylic acids is 1. The minimum absolute atomic E-state index is 0.0747. The van der Waals surface area contributed by atoms with Gasteiger partial charge in [0.15, 0.2) is 6.61 Å². The van der Waals surface area contributed by atoms with Gasteiger partial charge in [0, 0.05) is 6.54 Å². The van der Waals surface area contributed by atoms with Crippen LogP contribution in [-0.2, 0) is 15.0 Å². The summed E-state index contributed by atoms with van der Waals surface area (Å²) in [5.74, 6) is -0.513. The van der Waals surface area contributed by atoms with E-state index in [4.69, 9.17) is 9.84 Å². The number of carbonyl (C=O) groups excluding carboxylic acids is 1. The number of carboxylic acid groups (broad SMARTS) is 1. The highest BCUT2D eigenvalue weighted by molar-refractivity contribution is 5.81. The lowest BCUT2D eigenvalue weighted by Gasteiger charge is -2.19. The number of rotatable bonds is 6. The zero-order valence-electron chi connectivity index (χ0n) is 13.3. The molecule has 0 bridgehead atoms. The molecule has 0 atom stereocenters. The zero-order valence-corrected chi connectivity index (χ0v) is 13.3. The number of benzene rings is 1. The summed E-state index contributed by atoms with van der Waals surface area (Å²) < 4.78 is 5.42. The Labute approximate surface area is 130 Å². The van der Waals surface area contributed by atoms with Crippen LogP contribution in [0.2, 0.25) is 0 Å². The van der Waals surface area contributed by atoms with Crippen LogP contribution < -0.4 is 10.1 Å². The first kappa shape index (κ1) is 16.3. The second kappa shape index (κ2) is 5.99. The molecule has 5 nitrogen and oxygen atoms in total. The molecule has 1 aliphatic rings. The summed E-state index contributed by atoms with van der Waals surface area (Å²) in [6.45, 7) is 6.46. The Hall–Kier alpha value is -2.04. The smallest absolute Gasteiger partial charge is 0.311 e. The predicted octanol–water partition coefficient (Wildman–Crippen LogP) is 2.34. The van der Waals surface area contributed by atoms with E-state index in [0.29, 0.717) is 18.6 Å². The molecule has 0 aromatic heterocycles. The van der Waals surface area contributed by atoms with Crippen LogP contribution in [0.3, 0.4) is 0 Å². The molecule has 1 fully saturated rings. The van der Waals surface area contributed by atoms with Gasteiger partial charge in [0.1, 0.15) is 5.75 Å². The van der Waals surface area contributed by atoms with Crippen molar-refractivity contribution in [3.8, 4) is 5.75 Å². The minimum atomic E-state index is -0.841. The van der Waals surface area contributed by atoms with Crippen molar-refractivity contribution in [2.24, 2.45) is 5.41 Å². The summed E-state index contributed by atoms with van der Waals surface area (Å²) in [4.78, 5) is 22.7. The molecule has 1 aliphatic carbocycles. The predicted molar refractivity (Wildman–Crippen MR) is 82.9 cm³/mol. The number of amides is 1. The Bertz CT molecular complexity index is 553. The molecular formula is C17H23NO4. The van der Waals surface area contributed by atoms with Crippen LogP contribution in [0.25, 0.3) is 0 Å². The van der Waals surface area contributed by atoms with Crippen molar-refractivity contribution in [3.05, 3.63) is 29.8 Å². The van der Waals surface area contributed by atoms with E-state index in [0.717, 1.165) is 0 Å². The molecule has 120 valence electrons.